The van der Waals surface area contributed by atoms with Crippen molar-refractivity contribution >= 4 is 48.8 Å². The van der Waals surface area contributed by atoms with Gasteiger partial charge in [0.1, 0.15) is 0 Å². The van der Waals surface area contributed by atoms with Crippen LogP contribution in [0.3, 0.4) is 0 Å². The Hall–Kier alpha value is 1.19. The van der Waals surface area contributed by atoms with Gasteiger partial charge in [-0.2, -0.15) is 0 Å². The van der Waals surface area contributed by atoms with E-state index in [-0.39, 0.29) is 0 Å². The molecule has 0 radical (unpaired) electrons. The van der Waals surface area contributed by atoms with E-state index in [9.17, 15) is 0 Å². The molecule has 13 heavy (non-hydrogen) atoms. The van der Waals surface area contributed by atoms with Gasteiger partial charge in [0, 0.05) is 10.6 Å². The van der Waals surface area contributed by atoms with Crippen molar-refractivity contribution in [1.29, 1.82) is 0 Å². The third-order valence-corrected chi connectivity index (χ3v) is 1.40. The SMILES string of the molecule is C#[N+]Cc1cccc(Cl)c1.I[I-]I. The fourth-order valence-electron chi connectivity index (χ4n) is 0.741. The summed E-state index contributed by atoms with van der Waals surface area (Å²) in [7, 11) is 0. The first-order valence-corrected chi connectivity index (χ1v) is 16.2. The van der Waals surface area contributed by atoms with Gasteiger partial charge in [-0.05, 0) is 12.1 Å². The van der Waals surface area contributed by atoms with Gasteiger partial charge in [0.2, 0.25) is 0 Å². The summed E-state index contributed by atoms with van der Waals surface area (Å²) in [5.74, 6) is 0. The summed E-state index contributed by atoms with van der Waals surface area (Å²) in [5.41, 5.74) is 1.04. The molecule has 0 aliphatic carbocycles. The molecule has 0 aromatic heterocycles. The van der Waals surface area contributed by atoms with Gasteiger partial charge >= 0.3 is 50.5 Å². The molecule has 0 heterocycles. The molecule has 72 valence electrons. The summed E-state index contributed by atoms with van der Waals surface area (Å²) in [6.45, 7) is 5.52. The van der Waals surface area contributed by atoms with E-state index in [1.807, 2.05) is 24.3 Å². The number of halogens is 4. The van der Waals surface area contributed by atoms with E-state index in [0.29, 0.717) is 19.8 Å². The first-order valence-electron chi connectivity index (χ1n) is 3.22. The Morgan fingerprint density at radius 2 is 2.08 bits per heavy atom. The number of rotatable bonds is 1. The van der Waals surface area contributed by atoms with Crippen molar-refractivity contribution in [2.75, 3.05) is 0 Å². The van der Waals surface area contributed by atoms with Crippen LogP contribution in [0.25, 0.3) is 4.85 Å². The van der Waals surface area contributed by atoms with Gasteiger partial charge in [0.15, 0.2) is 0 Å². The normalized spacial score (nSPS) is 8.46. The molecule has 0 atom stereocenters. The van der Waals surface area contributed by atoms with Crippen molar-refractivity contribution in [3.63, 3.8) is 0 Å². The second-order valence-electron chi connectivity index (χ2n) is 2.02. The third-order valence-electron chi connectivity index (χ3n) is 1.16. The molecule has 1 aromatic rings. The van der Waals surface area contributed by atoms with Crippen LogP contribution in [0.15, 0.2) is 24.3 Å². The number of benzene rings is 1. The van der Waals surface area contributed by atoms with Crippen molar-refractivity contribution in [2.45, 2.75) is 6.54 Å². The third kappa shape index (κ3) is 8.20. The van der Waals surface area contributed by atoms with Gasteiger partial charge in [0.25, 0.3) is 13.1 Å². The first kappa shape index (κ1) is 14.2. The van der Waals surface area contributed by atoms with Crippen LogP contribution < -0.4 is 13.3 Å². The van der Waals surface area contributed by atoms with Crippen molar-refractivity contribution in [1.82, 2.24) is 0 Å². The standard InChI is InChI=1S/C8H7ClN.I3/c1-10-6-7-3-2-4-8(9)5-7;1-3-2/h1-5H,6H2;/q+1;-1. The van der Waals surface area contributed by atoms with E-state index in [1.165, 1.54) is 0 Å². The van der Waals surface area contributed by atoms with E-state index < -0.39 is 0 Å². The Balaban J connectivity index is 0.000000424. The molecule has 0 fully saturated rings. The zero-order valence-corrected chi connectivity index (χ0v) is 13.8. The Bertz CT molecular complexity index is 285. The van der Waals surface area contributed by atoms with Gasteiger partial charge < -0.3 is 0 Å². The fourth-order valence-corrected chi connectivity index (χ4v) is 0.954. The Morgan fingerprint density at radius 3 is 2.54 bits per heavy atom. The zero-order chi connectivity index (χ0) is 10.1. The van der Waals surface area contributed by atoms with E-state index >= 15 is 0 Å². The maximum atomic E-state index is 5.70. The monoisotopic (exact) mass is 533 g/mol. The van der Waals surface area contributed by atoms with E-state index in [1.54, 1.807) is 0 Å². The molecular weight excluding hydrogens is 526 g/mol. The second kappa shape index (κ2) is 9.73. The Labute approximate surface area is 113 Å². The molecule has 0 saturated heterocycles. The predicted octanol–water partition coefficient (Wildman–Crippen LogP) is 1.58. The van der Waals surface area contributed by atoms with Crippen LogP contribution in [0.1, 0.15) is 5.56 Å². The van der Waals surface area contributed by atoms with Crippen LogP contribution in [0, 0.1) is 6.57 Å². The van der Waals surface area contributed by atoms with Crippen LogP contribution in [0.4, 0.5) is 0 Å². The minimum absolute atomic E-state index is 0.528. The van der Waals surface area contributed by atoms with E-state index in [0.717, 1.165) is 10.6 Å². The van der Waals surface area contributed by atoms with Crippen molar-refractivity contribution in [3.05, 3.63) is 39.7 Å². The Morgan fingerprint density at radius 1 is 1.46 bits per heavy atom. The summed E-state index contributed by atoms with van der Waals surface area (Å²) in [5, 5.41) is 0.723. The van der Waals surface area contributed by atoms with Gasteiger partial charge in [-0.25, -0.2) is 0 Å². The van der Waals surface area contributed by atoms with Crippen LogP contribution in [-0.2, 0) is 6.54 Å². The van der Waals surface area contributed by atoms with Crippen molar-refractivity contribution in [2.24, 2.45) is 0 Å². The van der Waals surface area contributed by atoms with Crippen LogP contribution >= 0.6 is 48.8 Å². The van der Waals surface area contributed by atoms with Crippen LogP contribution in [0.2, 0.25) is 5.02 Å². The average molecular weight is 533 g/mol. The predicted molar refractivity (Wildman–Crippen MR) is 71.5 cm³/mol. The number of hydrogen-bond acceptors (Lipinski definition) is 0. The topological polar surface area (TPSA) is 4.36 Å². The molecule has 1 rings (SSSR count). The van der Waals surface area contributed by atoms with Gasteiger partial charge in [-0.1, -0.05) is 28.6 Å². The molecule has 0 aliphatic heterocycles. The molecule has 5 heteroatoms. The molecule has 0 aliphatic rings. The summed E-state index contributed by atoms with van der Waals surface area (Å²) in [6.07, 6.45) is 0. The molecule has 0 spiro atoms. The van der Waals surface area contributed by atoms with E-state index in [2.05, 4.69) is 42.1 Å². The summed E-state index contributed by atoms with van der Waals surface area (Å²) in [6, 6.07) is 7.48. The molecule has 0 saturated carbocycles. The Kier molecular flexibility index (Phi) is 10.6. The maximum absolute atomic E-state index is 5.70. The quantitative estimate of drug-likeness (QED) is 0.484. The summed E-state index contributed by atoms with van der Waals surface area (Å²) in [4.78, 5) is 3.49. The van der Waals surface area contributed by atoms with Crippen molar-refractivity contribution < 1.29 is 13.3 Å². The molecule has 0 amide bonds. The molecule has 0 N–H and O–H groups in total. The molecule has 0 bridgehead atoms. The van der Waals surface area contributed by atoms with Crippen molar-refractivity contribution in [3.8, 4) is 6.57 Å². The van der Waals surface area contributed by atoms with E-state index in [4.69, 9.17) is 18.2 Å². The number of nitrogens with zero attached hydrogens (tertiary/aromatic N) is 1. The summed E-state index contributed by atoms with van der Waals surface area (Å²) < 4.78 is 0. The van der Waals surface area contributed by atoms with Gasteiger partial charge in [-0.15, -0.1) is 0 Å². The van der Waals surface area contributed by atoms with Crippen LogP contribution in [0.5, 0.6) is 0 Å². The van der Waals surface area contributed by atoms with Crippen LogP contribution in [-0.4, -0.2) is 0 Å². The molecular formula is C8H7ClI3N. The molecule has 0 unspecified atom stereocenters. The zero-order valence-electron chi connectivity index (χ0n) is 6.55. The first-order chi connectivity index (χ1) is 6.24. The minimum atomic E-state index is 0.528. The van der Waals surface area contributed by atoms with Gasteiger partial charge in [0.05, 0.1) is 0 Å². The van der Waals surface area contributed by atoms with Gasteiger partial charge in [-0.3, -0.25) is 0 Å². The average Bonchev–Trinajstić information content (AvgIpc) is 2.06. The number of hydrogen-bond donors (Lipinski definition) is 0. The second-order valence-corrected chi connectivity index (χ2v) is 18.7. The molecule has 1 nitrogen and oxygen atoms in total. The fraction of sp³-hybridized carbons (Fsp3) is 0.125. The molecule has 1 aromatic carbocycles. The summed E-state index contributed by atoms with van der Waals surface area (Å²) >= 11 is 11.0.